The molecule has 6 heteroatoms. The van der Waals surface area contributed by atoms with E-state index in [1.165, 1.54) is 17.5 Å². The third-order valence-corrected chi connectivity index (χ3v) is 5.53. The third-order valence-electron chi connectivity index (χ3n) is 5.53. The molecule has 128 valence electrons. The minimum absolute atomic E-state index is 0.171. The predicted octanol–water partition coefficient (Wildman–Crippen LogP) is 1.86. The molecule has 6 nitrogen and oxygen atoms in total. The molecular weight excluding hydrogens is 304 g/mol. The first kappa shape index (κ1) is 15.4. The Kier molecular flexibility index (Phi) is 3.92. The quantitative estimate of drug-likeness (QED) is 0.915. The van der Waals surface area contributed by atoms with E-state index in [9.17, 15) is 9.59 Å². The molecule has 2 fully saturated rings. The number of aryl methyl sites for hydroxylation is 1. The summed E-state index contributed by atoms with van der Waals surface area (Å²) in [5.74, 6) is 0.506. The highest BCUT2D eigenvalue weighted by Gasteiger charge is 2.33. The highest BCUT2D eigenvalue weighted by Crippen LogP contribution is 2.26. The van der Waals surface area contributed by atoms with Gasteiger partial charge in [0.1, 0.15) is 0 Å². The molecule has 2 aromatic rings. The summed E-state index contributed by atoms with van der Waals surface area (Å²) in [4.78, 5) is 28.0. The molecule has 0 spiro atoms. The van der Waals surface area contributed by atoms with Crippen molar-refractivity contribution in [3.05, 3.63) is 34.7 Å². The van der Waals surface area contributed by atoms with Crippen LogP contribution in [0.5, 0.6) is 0 Å². The molecule has 2 saturated heterocycles. The van der Waals surface area contributed by atoms with Crippen LogP contribution in [-0.4, -0.2) is 45.7 Å². The second-order valence-electron chi connectivity index (χ2n) is 6.90. The maximum Gasteiger partial charge on any atom is 0.337 e. The Labute approximate surface area is 141 Å². The minimum atomic E-state index is -0.285. The molecule has 0 radical (unpaired) electrons. The number of piperidine rings is 2. The Hall–Kier alpha value is -2.08. The van der Waals surface area contributed by atoms with Gasteiger partial charge in [0.15, 0.2) is 0 Å². The molecule has 1 N–H and O–H groups in total. The first-order valence-electron chi connectivity index (χ1n) is 8.92. The highest BCUT2D eigenvalue weighted by atomic mass is 16.2. The van der Waals surface area contributed by atoms with Gasteiger partial charge in [0.25, 0.3) is 0 Å². The average Bonchev–Trinajstić information content (AvgIpc) is 2.89. The Morgan fingerprint density at radius 3 is 2.79 bits per heavy atom. The molecule has 1 aromatic carbocycles. The average molecular weight is 328 g/mol. The van der Waals surface area contributed by atoms with Crippen LogP contribution in [0.4, 0.5) is 4.79 Å². The number of imidazole rings is 1. The van der Waals surface area contributed by atoms with Crippen molar-refractivity contribution in [2.24, 2.45) is 5.92 Å². The molecule has 2 bridgehead atoms. The summed E-state index contributed by atoms with van der Waals surface area (Å²) < 4.78 is 2.95. The van der Waals surface area contributed by atoms with E-state index in [1.54, 1.807) is 4.57 Å². The van der Waals surface area contributed by atoms with Gasteiger partial charge in [-0.15, -0.1) is 0 Å². The van der Waals surface area contributed by atoms with Gasteiger partial charge in [0.05, 0.1) is 11.0 Å². The van der Waals surface area contributed by atoms with Crippen LogP contribution >= 0.6 is 0 Å². The topological polar surface area (TPSA) is 59.3 Å². The van der Waals surface area contributed by atoms with Gasteiger partial charge < -0.3 is 10.2 Å². The van der Waals surface area contributed by atoms with Gasteiger partial charge in [-0.05, 0) is 50.8 Å². The van der Waals surface area contributed by atoms with Gasteiger partial charge >= 0.3 is 11.7 Å². The van der Waals surface area contributed by atoms with Crippen LogP contribution in [0.1, 0.15) is 26.2 Å². The van der Waals surface area contributed by atoms with Gasteiger partial charge in [0.2, 0.25) is 0 Å². The lowest BCUT2D eigenvalue weighted by Gasteiger charge is -2.42. The molecule has 3 heterocycles. The van der Waals surface area contributed by atoms with Crippen molar-refractivity contribution < 1.29 is 4.79 Å². The Bertz CT molecular complexity index is 822. The van der Waals surface area contributed by atoms with Crippen LogP contribution in [0, 0.1) is 5.92 Å². The maximum atomic E-state index is 12.9. The zero-order valence-corrected chi connectivity index (χ0v) is 14.1. The van der Waals surface area contributed by atoms with E-state index in [-0.39, 0.29) is 17.8 Å². The van der Waals surface area contributed by atoms with Crippen LogP contribution in [0.25, 0.3) is 11.0 Å². The zero-order chi connectivity index (χ0) is 16.7. The molecule has 2 aliphatic heterocycles. The summed E-state index contributed by atoms with van der Waals surface area (Å²) >= 11 is 0. The standard InChI is InChI=1S/C18H24N4O2/c1-2-21-15-7-3-4-8-16(15)22(18(21)24)17(23)19-14-9-11-20-10-5-6-13(14)12-20/h3-4,7-8,13-14H,2,5-6,9-12H2,1H3,(H,19,23). The fourth-order valence-electron chi connectivity index (χ4n) is 4.30. The molecule has 3 atom stereocenters. The summed E-state index contributed by atoms with van der Waals surface area (Å²) in [5.41, 5.74) is 1.24. The molecule has 1 aromatic heterocycles. The number of nitrogens with one attached hydrogen (secondary N) is 1. The van der Waals surface area contributed by atoms with Gasteiger partial charge in [-0.25, -0.2) is 14.2 Å². The third kappa shape index (κ3) is 2.45. The summed E-state index contributed by atoms with van der Waals surface area (Å²) in [6.45, 7) is 5.76. The Balaban J connectivity index is 1.64. The van der Waals surface area contributed by atoms with Gasteiger partial charge in [0, 0.05) is 25.7 Å². The van der Waals surface area contributed by atoms with Gasteiger partial charge in [-0.2, -0.15) is 0 Å². The molecule has 1 amide bonds. The summed E-state index contributed by atoms with van der Waals surface area (Å²) in [7, 11) is 0. The largest absolute Gasteiger partial charge is 0.337 e. The van der Waals surface area contributed by atoms with Crippen LogP contribution in [-0.2, 0) is 6.54 Å². The minimum Gasteiger partial charge on any atom is -0.334 e. The van der Waals surface area contributed by atoms with Crippen molar-refractivity contribution >= 4 is 17.1 Å². The number of hydrogen-bond donors (Lipinski definition) is 1. The SMILES string of the molecule is CCn1c(=O)n(C(=O)NC2CCN3CCCC2C3)c2ccccc21. The fraction of sp³-hybridized carbons (Fsp3) is 0.556. The summed E-state index contributed by atoms with van der Waals surface area (Å²) in [5, 5.41) is 3.15. The van der Waals surface area contributed by atoms with E-state index < -0.39 is 0 Å². The second-order valence-corrected chi connectivity index (χ2v) is 6.90. The number of fused-ring (bicyclic) bond motifs is 3. The van der Waals surface area contributed by atoms with E-state index in [0.29, 0.717) is 18.0 Å². The summed E-state index contributed by atoms with van der Waals surface area (Å²) in [6, 6.07) is 7.38. The fourth-order valence-corrected chi connectivity index (χ4v) is 4.30. The van der Waals surface area contributed by atoms with Crippen molar-refractivity contribution in [2.45, 2.75) is 38.8 Å². The Morgan fingerprint density at radius 1 is 1.21 bits per heavy atom. The van der Waals surface area contributed by atoms with Crippen LogP contribution in [0.15, 0.2) is 29.1 Å². The number of para-hydroxylation sites is 2. The predicted molar refractivity (Wildman–Crippen MR) is 93.4 cm³/mol. The van der Waals surface area contributed by atoms with Gasteiger partial charge in [-0.3, -0.25) is 4.57 Å². The molecule has 0 aliphatic carbocycles. The van der Waals surface area contributed by atoms with Crippen LogP contribution in [0.2, 0.25) is 0 Å². The summed E-state index contributed by atoms with van der Waals surface area (Å²) in [6.07, 6.45) is 3.33. The maximum absolute atomic E-state index is 12.9. The van der Waals surface area contributed by atoms with E-state index in [4.69, 9.17) is 0 Å². The molecular formula is C18H24N4O2. The zero-order valence-electron chi connectivity index (χ0n) is 14.1. The van der Waals surface area contributed by atoms with E-state index in [1.807, 2.05) is 31.2 Å². The van der Waals surface area contributed by atoms with E-state index in [2.05, 4.69) is 10.2 Å². The molecule has 4 rings (SSSR count). The van der Waals surface area contributed by atoms with Crippen molar-refractivity contribution in [2.75, 3.05) is 19.6 Å². The number of carbonyl (C=O) groups is 1. The number of benzene rings is 1. The molecule has 0 saturated carbocycles. The van der Waals surface area contributed by atoms with Crippen LogP contribution in [0.3, 0.4) is 0 Å². The lowest BCUT2D eigenvalue weighted by molar-refractivity contribution is 0.0952. The normalized spacial score (nSPS) is 26.5. The van der Waals surface area contributed by atoms with Gasteiger partial charge in [-0.1, -0.05) is 12.1 Å². The monoisotopic (exact) mass is 328 g/mol. The lowest BCUT2D eigenvalue weighted by Crippen LogP contribution is -2.54. The number of hydrogen-bond acceptors (Lipinski definition) is 3. The number of nitrogens with zero attached hydrogens (tertiary/aromatic N) is 3. The molecule has 24 heavy (non-hydrogen) atoms. The lowest BCUT2D eigenvalue weighted by atomic mass is 9.85. The molecule has 3 unspecified atom stereocenters. The number of aromatic nitrogens is 2. The Morgan fingerprint density at radius 2 is 2.00 bits per heavy atom. The number of carbonyl (C=O) groups excluding carboxylic acids is 1. The molecule has 2 aliphatic rings. The second kappa shape index (κ2) is 6.09. The smallest absolute Gasteiger partial charge is 0.334 e. The first-order chi connectivity index (χ1) is 11.7. The first-order valence-corrected chi connectivity index (χ1v) is 8.92. The van der Waals surface area contributed by atoms with Crippen LogP contribution < -0.4 is 11.0 Å². The number of rotatable bonds is 2. The van der Waals surface area contributed by atoms with Crippen molar-refractivity contribution in [3.8, 4) is 0 Å². The highest BCUT2D eigenvalue weighted by molar-refractivity contribution is 5.89. The van der Waals surface area contributed by atoms with Crippen molar-refractivity contribution in [1.82, 2.24) is 19.4 Å². The number of amides is 1. The van der Waals surface area contributed by atoms with E-state index >= 15 is 0 Å². The van der Waals surface area contributed by atoms with Crippen molar-refractivity contribution in [3.63, 3.8) is 0 Å². The van der Waals surface area contributed by atoms with Crippen molar-refractivity contribution in [1.29, 1.82) is 0 Å². The van der Waals surface area contributed by atoms with E-state index in [0.717, 1.165) is 31.4 Å².